The first kappa shape index (κ1) is 17.0. The second kappa shape index (κ2) is 8.97. The molecule has 0 aliphatic heterocycles. The minimum Gasteiger partial charge on any atom is -0.392 e. The molecule has 2 atom stereocenters. The van der Waals surface area contributed by atoms with Crippen molar-refractivity contribution >= 4 is 27.7 Å². The first-order valence-electron chi connectivity index (χ1n) is 6.37. The standard InChI is InChI=1S/C14H22BrNO2S/c1-10(17)11(2)19-13-5-4-12(14(15)8-13)9-16-6-7-18-3/h4-5,8,10-11,16-17H,6-7,9H2,1-3H3. The molecule has 5 heteroatoms. The van der Waals surface area contributed by atoms with Crippen LogP contribution in [0.3, 0.4) is 0 Å². The van der Waals surface area contributed by atoms with Crippen LogP contribution in [-0.4, -0.2) is 36.7 Å². The van der Waals surface area contributed by atoms with Crippen molar-refractivity contribution in [2.75, 3.05) is 20.3 Å². The minimum absolute atomic E-state index is 0.192. The smallest absolute Gasteiger partial charge is 0.0631 e. The lowest BCUT2D eigenvalue weighted by molar-refractivity contribution is 0.196. The molecule has 0 radical (unpaired) electrons. The number of rotatable bonds is 8. The van der Waals surface area contributed by atoms with Crippen LogP contribution in [0.15, 0.2) is 27.6 Å². The lowest BCUT2D eigenvalue weighted by atomic mass is 10.2. The van der Waals surface area contributed by atoms with E-state index in [0.717, 1.165) is 24.2 Å². The summed E-state index contributed by atoms with van der Waals surface area (Å²) in [5.74, 6) is 0. The first-order valence-corrected chi connectivity index (χ1v) is 8.04. The highest BCUT2D eigenvalue weighted by Crippen LogP contribution is 2.29. The van der Waals surface area contributed by atoms with Crippen LogP contribution in [0, 0.1) is 0 Å². The number of hydrogen-bond acceptors (Lipinski definition) is 4. The third-order valence-corrected chi connectivity index (χ3v) is 4.85. The van der Waals surface area contributed by atoms with Crippen LogP contribution in [0.1, 0.15) is 19.4 Å². The summed E-state index contributed by atoms with van der Waals surface area (Å²) in [5, 5.41) is 13.0. The van der Waals surface area contributed by atoms with Crippen molar-refractivity contribution in [3.8, 4) is 0 Å². The van der Waals surface area contributed by atoms with Crippen LogP contribution in [0.2, 0.25) is 0 Å². The summed E-state index contributed by atoms with van der Waals surface area (Å²) in [6.45, 7) is 6.24. The molecule has 0 saturated heterocycles. The van der Waals surface area contributed by atoms with Gasteiger partial charge in [0.15, 0.2) is 0 Å². The summed E-state index contributed by atoms with van der Waals surface area (Å²) in [7, 11) is 1.70. The molecule has 1 aromatic carbocycles. The van der Waals surface area contributed by atoms with Gasteiger partial charge in [-0.3, -0.25) is 0 Å². The average Bonchev–Trinajstić information content (AvgIpc) is 2.36. The van der Waals surface area contributed by atoms with Crippen LogP contribution in [0.5, 0.6) is 0 Å². The van der Waals surface area contributed by atoms with E-state index in [4.69, 9.17) is 4.74 Å². The molecular formula is C14H22BrNO2S. The van der Waals surface area contributed by atoms with Crippen LogP contribution >= 0.6 is 27.7 Å². The maximum Gasteiger partial charge on any atom is 0.0631 e. The molecule has 0 aliphatic rings. The Labute approximate surface area is 128 Å². The van der Waals surface area contributed by atoms with E-state index in [2.05, 4.69) is 39.4 Å². The van der Waals surface area contributed by atoms with E-state index in [1.165, 1.54) is 10.5 Å². The summed E-state index contributed by atoms with van der Waals surface area (Å²) < 4.78 is 6.09. The fourth-order valence-corrected chi connectivity index (χ4v) is 3.08. The molecular weight excluding hydrogens is 326 g/mol. The van der Waals surface area contributed by atoms with Crippen molar-refractivity contribution in [1.29, 1.82) is 0 Å². The largest absolute Gasteiger partial charge is 0.392 e. The van der Waals surface area contributed by atoms with Crippen molar-refractivity contribution < 1.29 is 9.84 Å². The predicted molar refractivity (Wildman–Crippen MR) is 84.7 cm³/mol. The number of aliphatic hydroxyl groups is 1. The van der Waals surface area contributed by atoms with Crippen molar-refractivity contribution in [2.24, 2.45) is 0 Å². The molecule has 0 spiro atoms. The lowest BCUT2D eigenvalue weighted by Gasteiger charge is -2.15. The van der Waals surface area contributed by atoms with Crippen molar-refractivity contribution in [3.05, 3.63) is 28.2 Å². The molecule has 0 bridgehead atoms. The number of methoxy groups -OCH3 is 1. The van der Waals surface area contributed by atoms with E-state index in [1.807, 2.05) is 13.8 Å². The molecule has 0 heterocycles. The predicted octanol–water partition coefficient (Wildman–Crippen LogP) is 3.05. The van der Waals surface area contributed by atoms with Gasteiger partial charge < -0.3 is 15.2 Å². The number of hydrogen-bond donors (Lipinski definition) is 2. The van der Waals surface area contributed by atoms with Crippen molar-refractivity contribution in [1.82, 2.24) is 5.32 Å². The molecule has 1 aromatic rings. The molecule has 108 valence electrons. The quantitative estimate of drug-likeness (QED) is 0.560. The highest BCUT2D eigenvalue weighted by Gasteiger charge is 2.11. The average molecular weight is 348 g/mol. The maximum absolute atomic E-state index is 9.52. The Kier molecular flexibility index (Phi) is 8.02. The number of nitrogens with one attached hydrogen (secondary N) is 1. The van der Waals surface area contributed by atoms with E-state index in [0.29, 0.717) is 0 Å². The van der Waals surface area contributed by atoms with Gasteiger partial charge in [-0.25, -0.2) is 0 Å². The summed E-state index contributed by atoms with van der Waals surface area (Å²) in [4.78, 5) is 1.17. The molecule has 0 saturated carbocycles. The Bertz CT molecular complexity index is 388. The SMILES string of the molecule is COCCNCc1ccc(SC(C)C(C)O)cc1Br. The monoisotopic (exact) mass is 347 g/mol. The van der Waals surface area contributed by atoms with Gasteiger partial charge in [0.05, 0.1) is 12.7 Å². The van der Waals surface area contributed by atoms with Crippen LogP contribution in [0.25, 0.3) is 0 Å². The summed E-state index contributed by atoms with van der Waals surface area (Å²) in [5.41, 5.74) is 1.23. The first-order chi connectivity index (χ1) is 9.04. The highest BCUT2D eigenvalue weighted by atomic mass is 79.9. The topological polar surface area (TPSA) is 41.5 Å². The van der Waals surface area contributed by atoms with Gasteiger partial charge in [0, 0.05) is 34.8 Å². The van der Waals surface area contributed by atoms with E-state index in [-0.39, 0.29) is 11.4 Å². The summed E-state index contributed by atoms with van der Waals surface area (Å²) in [6, 6.07) is 6.32. The Morgan fingerprint density at radius 2 is 2.16 bits per heavy atom. The van der Waals surface area contributed by atoms with Crippen molar-refractivity contribution in [3.63, 3.8) is 0 Å². The number of benzene rings is 1. The zero-order chi connectivity index (χ0) is 14.3. The van der Waals surface area contributed by atoms with Crippen LogP contribution in [-0.2, 0) is 11.3 Å². The molecule has 1 rings (SSSR count). The van der Waals surface area contributed by atoms with Gasteiger partial charge in [-0.2, -0.15) is 0 Å². The molecule has 2 unspecified atom stereocenters. The highest BCUT2D eigenvalue weighted by molar-refractivity contribution is 9.10. The summed E-state index contributed by atoms with van der Waals surface area (Å²) in [6.07, 6.45) is -0.306. The molecule has 0 aliphatic carbocycles. The number of ether oxygens (including phenoxy) is 1. The Morgan fingerprint density at radius 3 is 2.74 bits per heavy atom. The van der Waals surface area contributed by atoms with Crippen molar-refractivity contribution in [2.45, 2.75) is 36.6 Å². The molecule has 3 nitrogen and oxygen atoms in total. The van der Waals surface area contributed by atoms with Gasteiger partial charge in [-0.05, 0) is 24.6 Å². The zero-order valence-electron chi connectivity index (χ0n) is 11.6. The Morgan fingerprint density at radius 1 is 1.42 bits per heavy atom. The Hall–Kier alpha value is -0.0700. The molecule has 0 fully saturated rings. The van der Waals surface area contributed by atoms with Gasteiger partial charge in [0.25, 0.3) is 0 Å². The Balaban J connectivity index is 2.54. The normalized spacial score (nSPS) is 14.4. The number of thioether (sulfide) groups is 1. The van der Waals surface area contributed by atoms with E-state index in [9.17, 15) is 5.11 Å². The van der Waals surface area contributed by atoms with Gasteiger partial charge in [-0.1, -0.05) is 28.9 Å². The van der Waals surface area contributed by atoms with E-state index < -0.39 is 0 Å². The fraction of sp³-hybridized carbons (Fsp3) is 0.571. The molecule has 0 aromatic heterocycles. The molecule has 19 heavy (non-hydrogen) atoms. The molecule has 0 amide bonds. The van der Waals surface area contributed by atoms with Crippen LogP contribution < -0.4 is 5.32 Å². The summed E-state index contributed by atoms with van der Waals surface area (Å²) >= 11 is 5.28. The van der Waals surface area contributed by atoms with Gasteiger partial charge >= 0.3 is 0 Å². The van der Waals surface area contributed by atoms with E-state index in [1.54, 1.807) is 18.9 Å². The minimum atomic E-state index is -0.306. The third-order valence-electron chi connectivity index (χ3n) is 2.82. The number of halogens is 1. The maximum atomic E-state index is 9.52. The zero-order valence-corrected chi connectivity index (χ0v) is 14.1. The fourth-order valence-electron chi connectivity index (χ4n) is 1.46. The lowest BCUT2D eigenvalue weighted by Crippen LogP contribution is -2.18. The second-order valence-electron chi connectivity index (χ2n) is 4.49. The van der Waals surface area contributed by atoms with Gasteiger partial charge in [0.2, 0.25) is 0 Å². The van der Waals surface area contributed by atoms with Crippen LogP contribution in [0.4, 0.5) is 0 Å². The number of aliphatic hydroxyl groups excluding tert-OH is 1. The van der Waals surface area contributed by atoms with E-state index >= 15 is 0 Å². The molecule has 2 N–H and O–H groups in total. The van der Waals surface area contributed by atoms with Gasteiger partial charge in [0.1, 0.15) is 0 Å². The third kappa shape index (κ3) is 6.27. The second-order valence-corrected chi connectivity index (χ2v) is 6.79. The van der Waals surface area contributed by atoms with Gasteiger partial charge in [-0.15, -0.1) is 11.8 Å².